The summed E-state index contributed by atoms with van der Waals surface area (Å²) < 4.78 is 32.6. The van der Waals surface area contributed by atoms with Gasteiger partial charge < -0.3 is 9.84 Å². The van der Waals surface area contributed by atoms with Gasteiger partial charge in [0.1, 0.15) is 11.0 Å². The molecular formula is C14H20ClNO4S. The standard InChI is InChI=1S/C14H20ClNO4S/c1-9-7-11(13(20-2)8-10(9)15)16-21(18,19)14-6-4-3-5-12(14)17/h7-8,12,14,16-17H,3-6H2,1-2H3. The number of anilines is 1. The largest absolute Gasteiger partial charge is 0.495 e. The first-order valence-electron chi connectivity index (χ1n) is 6.89. The highest BCUT2D eigenvalue weighted by Gasteiger charge is 2.35. The topological polar surface area (TPSA) is 75.6 Å². The van der Waals surface area contributed by atoms with Gasteiger partial charge in [0.2, 0.25) is 10.0 Å². The van der Waals surface area contributed by atoms with E-state index < -0.39 is 21.4 Å². The van der Waals surface area contributed by atoms with Gasteiger partial charge in [0.25, 0.3) is 0 Å². The Balaban J connectivity index is 2.30. The van der Waals surface area contributed by atoms with Crippen molar-refractivity contribution in [1.82, 2.24) is 0 Å². The predicted octanol–water partition coefficient (Wildman–Crippen LogP) is 2.70. The summed E-state index contributed by atoms with van der Waals surface area (Å²) in [5.74, 6) is 0.361. The minimum Gasteiger partial charge on any atom is -0.495 e. The number of aliphatic hydroxyl groups is 1. The normalized spacial score (nSPS) is 22.9. The number of rotatable bonds is 4. The molecule has 0 aromatic heterocycles. The second-order valence-electron chi connectivity index (χ2n) is 5.34. The van der Waals surface area contributed by atoms with Gasteiger partial charge in [-0.1, -0.05) is 24.4 Å². The third kappa shape index (κ3) is 3.62. The third-order valence-electron chi connectivity index (χ3n) is 3.80. The summed E-state index contributed by atoms with van der Waals surface area (Å²) >= 11 is 6.01. The van der Waals surface area contributed by atoms with Gasteiger partial charge in [0.15, 0.2) is 0 Å². The second kappa shape index (κ2) is 6.42. The number of nitrogens with one attached hydrogen (secondary N) is 1. The zero-order valence-corrected chi connectivity index (χ0v) is 13.7. The van der Waals surface area contributed by atoms with Crippen molar-refractivity contribution in [2.75, 3.05) is 11.8 Å². The molecule has 1 aromatic carbocycles. The summed E-state index contributed by atoms with van der Waals surface area (Å²) in [7, 11) is -2.22. The van der Waals surface area contributed by atoms with E-state index in [1.54, 1.807) is 19.1 Å². The molecule has 2 N–H and O–H groups in total. The van der Waals surface area contributed by atoms with Gasteiger partial charge in [-0.3, -0.25) is 4.72 Å². The Bertz CT molecular complexity index is 618. The van der Waals surface area contributed by atoms with Crippen LogP contribution in [0.3, 0.4) is 0 Å². The van der Waals surface area contributed by atoms with Crippen molar-refractivity contribution in [2.45, 2.75) is 44.0 Å². The molecule has 2 atom stereocenters. The predicted molar refractivity (Wildman–Crippen MR) is 83.5 cm³/mol. The number of ether oxygens (including phenoxy) is 1. The summed E-state index contributed by atoms with van der Waals surface area (Å²) in [5, 5.41) is 9.66. The van der Waals surface area contributed by atoms with Crippen molar-refractivity contribution in [2.24, 2.45) is 0 Å². The van der Waals surface area contributed by atoms with E-state index >= 15 is 0 Å². The number of sulfonamides is 1. The molecule has 0 aliphatic heterocycles. The van der Waals surface area contributed by atoms with Crippen molar-refractivity contribution in [3.63, 3.8) is 0 Å². The van der Waals surface area contributed by atoms with E-state index in [2.05, 4.69) is 4.72 Å². The fraction of sp³-hybridized carbons (Fsp3) is 0.571. The maximum absolute atomic E-state index is 12.5. The molecule has 1 aliphatic carbocycles. The molecular weight excluding hydrogens is 314 g/mol. The van der Waals surface area contributed by atoms with Gasteiger partial charge in [-0.15, -0.1) is 0 Å². The Morgan fingerprint density at radius 3 is 2.62 bits per heavy atom. The summed E-state index contributed by atoms with van der Waals surface area (Å²) in [6, 6.07) is 3.21. The Morgan fingerprint density at radius 1 is 1.33 bits per heavy atom. The molecule has 0 heterocycles. The Hall–Kier alpha value is -0.980. The van der Waals surface area contributed by atoms with Crippen LogP contribution >= 0.6 is 11.6 Å². The van der Waals surface area contributed by atoms with E-state index in [4.69, 9.17) is 16.3 Å². The van der Waals surface area contributed by atoms with Gasteiger partial charge >= 0.3 is 0 Å². The van der Waals surface area contributed by atoms with E-state index in [0.717, 1.165) is 18.4 Å². The molecule has 1 fully saturated rings. The third-order valence-corrected chi connectivity index (χ3v) is 6.06. The van der Waals surface area contributed by atoms with Gasteiger partial charge in [-0.25, -0.2) is 8.42 Å². The van der Waals surface area contributed by atoms with E-state index in [0.29, 0.717) is 29.3 Å². The molecule has 2 rings (SSSR count). The average molecular weight is 334 g/mol. The van der Waals surface area contributed by atoms with E-state index in [1.165, 1.54) is 7.11 Å². The molecule has 0 radical (unpaired) electrons. The molecule has 1 aromatic rings. The molecule has 0 spiro atoms. The molecule has 5 nitrogen and oxygen atoms in total. The highest BCUT2D eigenvalue weighted by Crippen LogP contribution is 2.33. The summed E-state index contributed by atoms with van der Waals surface area (Å²) in [6.07, 6.45) is 1.82. The van der Waals surface area contributed by atoms with Crippen molar-refractivity contribution >= 4 is 27.3 Å². The van der Waals surface area contributed by atoms with Crippen LogP contribution < -0.4 is 9.46 Å². The van der Waals surface area contributed by atoms with E-state index in [1.807, 2.05) is 0 Å². The molecule has 118 valence electrons. The van der Waals surface area contributed by atoms with Crippen LogP contribution in [-0.4, -0.2) is 32.0 Å². The van der Waals surface area contributed by atoms with E-state index in [9.17, 15) is 13.5 Å². The molecule has 0 bridgehead atoms. The van der Waals surface area contributed by atoms with Gasteiger partial charge in [-0.05, 0) is 31.4 Å². The lowest BCUT2D eigenvalue weighted by Crippen LogP contribution is -2.40. The van der Waals surface area contributed by atoms with Crippen LogP contribution in [0.2, 0.25) is 5.02 Å². The van der Waals surface area contributed by atoms with Gasteiger partial charge in [-0.2, -0.15) is 0 Å². The summed E-state index contributed by atoms with van der Waals surface area (Å²) in [6.45, 7) is 1.79. The van der Waals surface area contributed by atoms with Gasteiger partial charge in [0.05, 0.1) is 18.9 Å². The van der Waals surface area contributed by atoms with Gasteiger partial charge in [0, 0.05) is 11.1 Å². The number of halogens is 1. The molecule has 21 heavy (non-hydrogen) atoms. The van der Waals surface area contributed by atoms with Crippen LogP contribution in [0.15, 0.2) is 12.1 Å². The number of hydrogen-bond acceptors (Lipinski definition) is 4. The number of aliphatic hydroxyl groups excluding tert-OH is 1. The zero-order chi connectivity index (χ0) is 15.6. The van der Waals surface area contributed by atoms with Crippen LogP contribution in [0.25, 0.3) is 0 Å². The maximum atomic E-state index is 12.5. The molecule has 2 unspecified atom stereocenters. The molecule has 0 saturated heterocycles. The van der Waals surface area contributed by atoms with Crippen LogP contribution in [0, 0.1) is 6.92 Å². The number of methoxy groups -OCH3 is 1. The number of hydrogen-bond donors (Lipinski definition) is 2. The lowest BCUT2D eigenvalue weighted by molar-refractivity contribution is 0.133. The number of benzene rings is 1. The lowest BCUT2D eigenvalue weighted by Gasteiger charge is -2.28. The van der Waals surface area contributed by atoms with Crippen LogP contribution in [0.4, 0.5) is 5.69 Å². The maximum Gasteiger partial charge on any atom is 0.238 e. The van der Waals surface area contributed by atoms with Crippen LogP contribution in [0.5, 0.6) is 5.75 Å². The highest BCUT2D eigenvalue weighted by atomic mass is 35.5. The first kappa shape index (κ1) is 16.4. The first-order chi connectivity index (χ1) is 9.85. The minimum atomic E-state index is -3.67. The summed E-state index contributed by atoms with van der Waals surface area (Å²) in [5.41, 5.74) is 1.09. The quantitative estimate of drug-likeness (QED) is 0.888. The molecule has 7 heteroatoms. The van der Waals surface area contributed by atoms with Crippen molar-refractivity contribution < 1.29 is 18.3 Å². The number of aryl methyl sites for hydroxylation is 1. The SMILES string of the molecule is COc1cc(Cl)c(C)cc1NS(=O)(=O)C1CCCCC1O. The Kier molecular flexibility index (Phi) is 5.01. The summed E-state index contributed by atoms with van der Waals surface area (Å²) in [4.78, 5) is 0. The first-order valence-corrected chi connectivity index (χ1v) is 8.81. The minimum absolute atomic E-state index is 0.345. The lowest BCUT2D eigenvalue weighted by atomic mass is 9.97. The fourth-order valence-corrected chi connectivity index (χ4v) is 4.38. The van der Waals surface area contributed by atoms with E-state index in [-0.39, 0.29) is 0 Å². The smallest absolute Gasteiger partial charge is 0.238 e. The fourth-order valence-electron chi connectivity index (χ4n) is 2.58. The van der Waals surface area contributed by atoms with Crippen molar-refractivity contribution in [1.29, 1.82) is 0 Å². The highest BCUT2D eigenvalue weighted by molar-refractivity contribution is 7.93. The molecule has 0 amide bonds. The monoisotopic (exact) mass is 333 g/mol. The van der Waals surface area contributed by atoms with Crippen LogP contribution in [0.1, 0.15) is 31.2 Å². The Labute approximate surface area is 130 Å². The van der Waals surface area contributed by atoms with Crippen molar-refractivity contribution in [3.8, 4) is 5.75 Å². The second-order valence-corrected chi connectivity index (χ2v) is 7.65. The zero-order valence-electron chi connectivity index (χ0n) is 12.1. The average Bonchev–Trinajstić information content (AvgIpc) is 2.42. The van der Waals surface area contributed by atoms with Crippen LogP contribution in [-0.2, 0) is 10.0 Å². The Morgan fingerprint density at radius 2 is 2.00 bits per heavy atom. The molecule has 1 aliphatic rings. The van der Waals surface area contributed by atoms with Crippen molar-refractivity contribution in [3.05, 3.63) is 22.7 Å². The molecule has 1 saturated carbocycles.